The van der Waals surface area contributed by atoms with E-state index in [0.29, 0.717) is 43.4 Å². The number of fused-ring (bicyclic) bond motifs is 1. The number of carbonyl (C=O) groups is 2. The summed E-state index contributed by atoms with van der Waals surface area (Å²) < 4.78 is 16.6. The van der Waals surface area contributed by atoms with Crippen LogP contribution in [0.4, 0.5) is 0 Å². The van der Waals surface area contributed by atoms with Crippen LogP contribution >= 0.6 is 0 Å². The van der Waals surface area contributed by atoms with Gasteiger partial charge in [-0.05, 0) is 50.3 Å². The minimum atomic E-state index is -0.121. The highest BCUT2D eigenvalue weighted by molar-refractivity contribution is 5.95. The first kappa shape index (κ1) is 20.0. The molecule has 1 aliphatic heterocycles. The third-order valence-corrected chi connectivity index (χ3v) is 6.21. The fourth-order valence-corrected chi connectivity index (χ4v) is 4.49. The van der Waals surface area contributed by atoms with Gasteiger partial charge in [0.15, 0.2) is 11.5 Å². The Morgan fingerprint density at radius 1 is 1.07 bits per heavy atom. The van der Waals surface area contributed by atoms with Crippen LogP contribution in [-0.4, -0.2) is 49.2 Å². The highest BCUT2D eigenvalue weighted by atomic mass is 16.5. The van der Waals surface area contributed by atoms with E-state index >= 15 is 0 Å². The Balaban J connectivity index is 1.50. The number of ether oxygens (including phenoxy) is 3. The van der Waals surface area contributed by atoms with Crippen molar-refractivity contribution in [2.75, 3.05) is 26.4 Å². The number of benzene rings is 1. The lowest BCUT2D eigenvalue weighted by atomic mass is 9.93. The van der Waals surface area contributed by atoms with Crippen LogP contribution in [0.25, 0.3) is 0 Å². The van der Waals surface area contributed by atoms with E-state index in [1.165, 1.54) is 6.42 Å². The van der Waals surface area contributed by atoms with E-state index in [-0.39, 0.29) is 29.8 Å². The predicted molar refractivity (Wildman–Crippen MR) is 108 cm³/mol. The topological polar surface area (TPSA) is 65.1 Å². The highest BCUT2D eigenvalue weighted by Crippen LogP contribution is 2.41. The van der Waals surface area contributed by atoms with Gasteiger partial charge in [0.05, 0.1) is 25.7 Å². The van der Waals surface area contributed by atoms with E-state index in [1.54, 1.807) is 0 Å². The summed E-state index contributed by atoms with van der Waals surface area (Å²) >= 11 is 0. The maximum Gasteiger partial charge on any atom is 0.309 e. The first-order valence-electron chi connectivity index (χ1n) is 11.0. The molecule has 4 rings (SSSR count). The van der Waals surface area contributed by atoms with Crippen LogP contribution in [0.15, 0.2) is 18.2 Å². The summed E-state index contributed by atoms with van der Waals surface area (Å²) in [5, 5.41) is 0. The molecule has 0 saturated heterocycles. The van der Waals surface area contributed by atoms with Gasteiger partial charge in [0, 0.05) is 24.6 Å². The van der Waals surface area contributed by atoms with E-state index in [1.807, 2.05) is 30.0 Å². The van der Waals surface area contributed by atoms with Gasteiger partial charge in [0.1, 0.15) is 0 Å². The van der Waals surface area contributed by atoms with Gasteiger partial charge in [-0.25, -0.2) is 0 Å². The van der Waals surface area contributed by atoms with E-state index in [2.05, 4.69) is 0 Å². The van der Waals surface area contributed by atoms with Gasteiger partial charge in [-0.1, -0.05) is 19.3 Å². The van der Waals surface area contributed by atoms with Crippen LogP contribution in [0.2, 0.25) is 0 Å². The Hall–Kier alpha value is -2.24. The molecule has 0 spiro atoms. The second kappa shape index (κ2) is 9.06. The van der Waals surface area contributed by atoms with Gasteiger partial charge in [-0.2, -0.15) is 0 Å². The number of amides is 1. The molecule has 2 unspecified atom stereocenters. The summed E-state index contributed by atoms with van der Waals surface area (Å²) in [7, 11) is 0. The fraction of sp³-hybridized carbons (Fsp3) is 0.652. The zero-order chi connectivity index (χ0) is 20.2. The number of esters is 1. The zero-order valence-corrected chi connectivity index (χ0v) is 17.2. The van der Waals surface area contributed by atoms with Gasteiger partial charge < -0.3 is 19.1 Å². The highest BCUT2D eigenvalue weighted by Gasteiger charge is 2.46. The Kier molecular flexibility index (Phi) is 6.26. The van der Waals surface area contributed by atoms with Crippen molar-refractivity contribution in [1.82, 2.24) is 4.90 Å². The minimum absolute atomic E-state index is 0.0297. The Morgan fingerprint density at radius 3 is 2.59 bits per heavy atom. The third kappa shape index (κ3) is 4.68. The monoisotopic (exact) mass is 401 g/mol. The summed E-state index contributed by atoms with van der Waals surface area (Å²) in [6.07, 6.45) is 7.26. The molecule has 1 aromatic rings. The smallest absolute Gasteiger partial charge is 0.309 e. The summed E-state index contributed by atoms with van der Waals surface area (Å²) in [4.78, 5) is 27.6. The molecule has 2 fully saturated rings. The van der Waals surface area contributed by atoms with Crippen molar-refractivity contribution in [3.63, 3.8) is 0 Å². The van der Waals surface area contributed by atoms with Crippen molar-refractivity contribution in [3.05, 3.63) is 23.8 Å². The van der Waals surface area contributed by atoms with Crippen molar-refractivity contribution < 1.29 is 23.8 Å². The summed E-state index contributed by atoms with van der Waals surface area (Å²) in [6.45, 7) is 4.09. The molecular formula is C23H31NO5. The molecule has 0 aromatic heterocycles. The molecule has 0 bridgehead atoms. The lowest BCUT2D eigenvalue weighted by Crippen LogP contribution is -2.43. The van der Waals surface area contributed by atoms with Crippen LogP contribution in [-0.2, 0) is 9.53 Å². The molecule has 6 heteroatoms. The van der Waals surface area contributed by atoms with Gasteiger partial charge in [-0.3, -0.25) is 9.59 Å². The fourth-order valence-electron chi connectivity index (χ4n) is 4.49. The second-order valence-corrected chi connectivity index (χ2v) is 8.32. The first-order chi connectivity index (χ1) is 14.2. The normalized spacial score (nSPS) is 23.8. The molecule has 0 N–H and O–H groups in total. The molecule has 1 heterocycles. The van der Waals surface area contributed by atoms with Crippen LogP contribution in [0.3, 0.4) is 0 Å². The van der Waals surface area contributed by atoms with Crippen molar-refractivity contribution in [2.45, 2.75) is 57.9 Å². The maximum absolute atomic E-state index is 13.5. The lowest BCUT2D eigenvalue weighted by molar-refractivity contribution is -0.145. The molecule has 6 nitrogen and oxygen atoms in total. The number of carbonyl (C=O) groups excluding carboxylic acids is 2. The van der Waals surface area contributed by atoms with Crippen LogP contribution in [0, 0.1) is 11.8 Å². The molecule has 3 aliphatic rings. The van der Waals surface area contributed by atoms with Crippen LogP contribution in [0.5, 0.6) is 11.5 Å². The standard InChI is InChI=1S/C23H31NO5/c1-2-27-23(26)19-13-17(19)15-24(18-7-4-3-5-8-18)22(25)16-9-10-20-21(14-16)29-12-6-11-28-20/h9-10,14,17-19H,2-8,11-13,15H2,1H3. The molecule has 2 atom stereocenters. The average molecular weight is 402 g/mol. The number of nitrogens with zero attached hydrogens (tertiary/aromatic N) is 1. The third-order valence-electron chi connectivity index (χ3n) is 6.21. The van der Waals surface area contributed by atoms with Gasteiger partial charge in [-0.15, -0.1) is 0 Å². The van der Waals surface area contributed by atoms with Crippen molar-refractivity contribution >= 4 is 11.9 Å². The Bertz CT molecular complexity index is 743. The van der Waals surface area contributed by atoms with Gasteiger partial charge >= 0.3 is 5.97 Å². The lowest BCUT2D eigenvalue weighted by Gasteiger charge is -2.35. The van der Waals surface area contributed by atoms with Gasteiger partial charge in [0.2, 0.25) is 0 Å². The summed E-state index contributed by atoms with van der Waals surface area (Å²) in [5.74, 6) is 1.41. The van der Waals surface area contributed by atoms with Crippen LogP contribution < -0.4 is 9.47 Å². The average Bonchev–Trinajstić information content (AvgIpc) is 3.55. The maximum atomic E-state index is 13.5. The predicted octanol–water partition coefficient (Wildman–Crippen LogP) is 3.82. The number of rotatable bonds is 6. The van der Waals surface area contributed by atoms with Crippen molar-refractivity contribution in [2.24, 2.45) is 11.8 Å². The van der Waals surface area contributed by atoms with Gasteiger partial charge in [0.25, 0.3) is 5.91 Å². The summed E-state index contributed by atoms with van der Waals surface area (Å²) in [5.41, 5.74) is 0.633. The van der Waals surface area contributed by atoms with E-state index in [4.69, 9.17) is 14.2 Å². The SMILES string of the molecule is CCOC(=O)C1CC1CN(C(=O)c1ccc2c(c1)OCCCO2)C1CCCCC1. The van der Waals surface area contributed by atoms with E-state index in [9.17, 15) is 9.59 Å². The largest absolute Gasteiger partial charge is 0.490 e. The minimum Gasteiger partial charge on any atom is -0.490 e. The molecule has 1 amide bonds. The molecule has 158 valence electrons. The van der Waals surface area contributed by atoms with Crippen molar-refractivity contribution in [1.29, 1.82) is 0 Å². The van der Waals surface area contributed by atoms with E-state index < -0.39 is 0 Å². The molecule has 1 aromatic carbocycles. The Labute approximate surface area is 172 Å². The molecular weight excluding hydrogens is 370 g/mol. The molecule has 2 saturated carbocycles. The zero-order valence-electron chi connectivity index (χ0n) is 17.2. The number of hydrogen-bond acceptors (Lipinski definition) is 5. The Morgan fingerprint density at radius 2 is 1.83 bits per heavy atom. The molecule has 0 radical (unpaired) electrons. The van der Waals surface area contributed by atoms with Crippen molar-refractivity contribution in [3.8, 4) is 11.5 Å². The summed E-state index contributed by atoms with van der Waals surface area (Å²) in [6, 6.07) is 5.73. The molecule has 29 heavy (non-hydrogen) atoms. The molecule has 2 aliphatic carbocycles. The second-order valence-electron chi connectivity index (χ2n) is 8.32. The van der Waals surface area contributed by atoms with E-state index in [0.717, 1.165) is 38.5 Å². The first-order valence-corrected chi connectivity index (χ1v) is 11.0. The number of hydrogen-bond donors (Lipinski definition) is 0. The van der Waals surface area contributed by atoms with Crippen LogP contribution in [0.1, 0.15) is 62.2 Å². The quantitative estimate of drug-likeness (QED) is 0.678.